The van der Waals surface area contributed by atoms with E-state index in [0.717, 1.165) is 0 Å². The van der Waals surface area contributed by atoms with E-state index in [9.17, 15) is 9.18 Å². The number of rotatable bonds is 6. The van der Waals surface area contributed by atoms with E-state index in [1.807, 2.05) is 6.92 Å². The lowest BCUT2D eigenvalue weighted by atomic mass is 10.1. The van der Waals surface area contributed by atoms with E-state index in [1.165, 1.54) is 19.1 Å². The largest absolute Gasteiger partial charge is 0.488 e. The van der Waals surface area contributed by atoms with Crippen LogP contribution in [-0.2, 0) is 4.74 Å². The molecule has 0 aliphatic rings. The van der Waals surface area contributed by atoms with Crippen LogP contribution in [0.2, 0.25) is 0 Å². The number of carbonyl (C=O) groups excluding carboxylic acids is 1. The standard InChI is InChI=1S/C12H15FO3/c1-3-15-6-7-16-12-5-4-10(9(2)14)8-11(12)13/h4-5,8H,3,6-7H2,1-2H3. The summed E-state index contributed by atoms with van der Waals surface area (Å²) in [6.45, 7) is 4.59. The summed E-state index contributed by atoms with van der Waals surface area (Å²) >= 11 is 0. The molecule has 1 aromatic carbocycles. The van der Waals surface area contributed by atoms with E-state index in [-0.39, 0.29) is 11.5 Å². The summed E-state index contributed by atoms with van der Waals surface area (Å²) in [4.78, 5) is 11.0. The maximum Gasteiger partial charge on any atom is 0.165 e. The maximum absolute atomic E-state index is 13.4. The molecule has 16 heavy (non-hydrogen) atoms. The van der Waals surface area contributed by atoms with Crippen molar-refractivity contribution in [1.29, 1.82) is 0 Å². The van der Waals surface area contributed by atoms with Crippen molar-refractivity contribution in [3.8, 4) is 5.75 Å². The van der Waals surface area contributed by atoms with Crippen molar-refractivity contribution in [1.82, 2.24) is 0 Å². The third kappa shape index (κ3) is 3.62. The number of Topliss-reactive ketones (excluding diaryl/α,β-unsaturated/α-hetero) is 1. The van der Waals surface area contributed by atoms with Gasteiger partial charge in [-0.3, -0.25) is 4.79 Å². The Labute approximate surface area is 94.2 Å². The molecule has 1 rings (SSSR count). The molecule has 0 heterocycles. The first-order valence-electron chi connectivity index (χ1n) is 5.16. The Kier molecular flexibility index (Phi) is 4.92. The van der Waals surface area contributed by atoms with Gasteiger partial charge in [0.2, 0.25) is 0 Å². The summed E-state index contributed by atoms with van der Waals surface area (Å²) in [6, 6.07) is 4.18. The number of halogens is 1. The molecule has 0 saturated carbocycles. The van der Waals surface area contributed by atoms with E-state index in [0.29, 0.717) is 25.4 Å². The van der Waals surface area contributed by atoms with E-state index >= 15 is 0 Å². The van der Waals surface area contributed by atoms with Gasteiger partial charge >= 0.3 is 0 Å². The van der Waals surface area contributed by atoms with Gasteiger partial charge in [0.15, 0.2) is 17.3 Å². The van der Waals surface area contributed by atoms with Crippen LogP contribution in [0.15, 0.2) is 18.2 Å². The third-order valence-electron chi connectivity index (χ3n) is 2.03. The molecule has 0 aromatic heterocycles. The van der Waals surface area contributed by atoms with Gasteiger partial charge in [0, 0.05) is 12.2 Å². The van der Waals surface area contributed by atoms with Crippen molar-refractivity contribution in [3.05, 3.63) is 29.6 Å². The number of hydrogen-bond acceptors (Lipinski definition) is 3. The first kappa shape index (κ1) is 12.6. The Balaban J connectivity index is 2.57. The lowest BCUT2D eigenvalue weighted by Crippen LogP contribution is -2.07. The highest BCUT2D eigenvalue weighted by Crippen LogP contribution is 2.18. The summed E-state index contributed by atoms with van der Waals surface area (Å²) in [5.74, 6) is -0.548. The van der Waals surface area contributed by atoms with Crippen molar-refractivity contribution < 1.29 is 18.7 Å². The summed E-state index contributed by atoms with van der Waals surface area (Å²) in [5, 5.41) is 0. The second-order valence-corrected chi connectivity index (χ2v) is 3.25. The number of hydrogen-bond donors (Lipinski definition) is 0. The number of ether oxygens (including phenoxy) is 2. The van der Waals surface area contributed by atoms with Crippen LogP contribution in [0.4, 0.5) is 4.39 Å². The van der Waals surface area contributed by atoms with Gasteiger partial charge in [-0.2, -0.15) is 0 Å². The molecule has 1 aromatic rings. The molecular weight excluding hydrogens is 211 g/mol. The first-order chi connectivity index (χ1) is 7.65. The van der Waals surface area contributed by atoms with Gasteiger partial charge in [-0.15, -0.1) is 0 Å². The lowest BCUT2D eigenvalue weighted by Gasteiger charge is -2.07. The third-order valence-corrected chi connectivity index (χ3v) is 2.03. The Morgan fingerprint density at radius 1 is 1.38 bits per heavy atom. The molecule has 0 saturated heterocycles. The van der Waals surface area contributed by atoms with Crippen molar-refractivity contribution in [3.63, 3.8) is 0 Å². The van der Waals surface area contributed by atoms with Gasteiger partial charge in [-0.1, -0.05) is 0 Å². The molecule has 0 aliphatic carbocycles. The Bertz CT molecular complexity index is 363. The zero-order valence-electron chi connectivity index (χ0n) is 9.46. The molecule has 0 N–H and O–H groups in total. The van der Waals surface area contributed by atoms with Crippen molar-refractivity contribution in [2.45, 2.75) is 13.8 Å². The van der Waals surface area contributed by atoms with Gasteiger partial charge in [-0.05, 0) is 32.0 Å². The molecule has 0 unspecified atom stereocenters. The summed E-state index contributed by atoms with van der Waals surface area (Å²) in [6.07, 6.45) is 0. The number of carbonyl (C=O) groups is 1. The highest BCUT2D eigenvalue weighted by molar-refractivity contribution is 5.94. The van der Waals surface area contributed by atoms with Crippen LogP contribution in [0.1, 0.15) is 24.2 Å². The minimum Gasteiger partial charge on any atom is -0.488 e. The van der Waals surface area contributed by atoms with E-state index in [1.54, 1.807) is 6.07 Å². The minimum absolute atomic E-state index is 0.143. The van der Waals surface area contributed by atoms with Gasteiger partial charge in [0.25, 0.3) is 0 Å². The van der Waals surface area contributed by atoms with Gasteiger partial charge in [0.05, 0.1) is 6.61 Å². The topological polar surface area (TPSA) is 35.5 Å². The quantitative estimate of drug-likeness (QED) is 0.552. The molecule has 0 radical (unpaired) electrons. The molecule has 0 atom stereocenters. The fourth-order valence-corrected chi connectivity index (χ4v) is 1.19. The molecule has 0 fully saturated rings. The minimum atomic E-state index is -0.524. The fourth-order valence-electron chi connectivity index (χ4n) is 1.19. The van der Waals surface area contributed by atoms with Crippen LogP contribution in [0.25, 0.3) is 0 Å². The number of benzene rings is 1. The molecule has 0 aliphatic heterocycles. The van der Waals surface area contributed by atoms with E-state index in [2.05, 4.69) is 0 Å². The first-order valence-corrected chi connectivity index (χ1v) is 5.16. The average Bonchev–Trinajstić information content (AvgIpc) is 2.26. The van der Waals surface area contributed by atoms with Crippen LogP contribution in [0.5, 0.6) is 5.75 Å². The molecule has 4 heteroatoms. The zero-order chi connectivity index (χ0) is 12.0. The van der Waals surface area contributed by atoms with Crippen LogP contribution < -0.4 is 4.74 Å². The van der Waals surface area contributed by atoms with Gasteiger partial charge < -0.3 is 9.47 Å². The smallest absolute Gasteiger partial charge is 0.165 e. The monoisotopic (exact) mass is 226 g/mol. The molecular formula is C12H15FO3. The van der Waals surface area contributed by atoms with E-state index < -0.39 is 5.82 Å². The summed E-state index contributed by atoms with van der Waals surface area (Å²) < 4.78 is 23.6. The molecule has 0 bridgehead atoms. The highest BCUT2D eigenvalue weighted by Gasteiger charge is 2.06. The van der Waals surface area contributed by atoms with Crippen LogP contribution in [0.3, 0.4) is 0 Å². The Morgan fingerprint density at radius 3 is 2.69 bits per heavy atom. The molecule has 3 nitrogen and oxygen atoms in total. The summed E-state index contributed by atoms with van der Waals surface area (Å²) in [5.41, 5.74) is 0.342. The van der Waals surface area contributed by atoms with Crippen LogP contribution in [-0.4, -0.2) is 25.6 Å². The lowest BCUT2D eigenvalue weighted by molar-refractivity contribution is 0.101. The van der Waals surface area contributed by atoms with E-state index in [4.69, 9.17) is 9.47 Å². The van der Waals surface area contributed by atoms with Gasteiger partial charge in [0.1, 0.15) is 6.61 Å². The second kappa shape index (κ2) is 6.23. The zero-order valence-corrected chi connectivity index (χ0v) is 9.46. The van der Waals surface area contributed by atoms with Crippen LogP contribution >= 0.6 is 0 Å². The SMILES string of the molecule is CCOCCOc1ccc(C(C)=O)cc1F. The normalized spacial score (nSPS) is 10.2. The van der Waals surface area contributed by atoms with Gasteiger partial charge in [-0.25, -0.2) is 4.39 Å². The fraction of sp³-hybridized carbons (Fsp3) is 0.417. The maximum atomic E-state index is 13.4. The van der Waals surface area contributed by atoms with Crippen molar-refractivity contribution >= 4 is 5.78 Å². The Hall–Kier alpha value is -1.42. The average molecular weight is 226 g/mol. The molecule has 88 valence electrons. The van der Waals surface area contributed by atoms with Crippen molar-refractivity contribution in [2.24, 2.45) is 0 Å². The molecule has 0 spiro atoms. The second-order valence-electron chi connectivity index (χ2n) is 3.25. The Morgan fingerprint density at radius 2 is 2.12 bits per heavy atom. The summed E-state index contributed by atoms with van der Waals surface area (Å²) in [7, 11) is 0. The molecule has 0 amide bonds. The number of ketones is 1. The van der Waals surface area contributed by atoms with Crippen molar-refractivity contribution in [2.75, 3.05) is 19.8 Å². The highest BCUT2D eigenvalue weighted by atomic mass is 19.1. The predicted molar refractivity (Wildman–Crippen MR) is 58.4 cm³/mol. The predicted octanol–water partition coefficient (Wildman–Crippen LogP) is 2.44. The van der Waals surface area contributed by atoms with Crippen LogP contribution in [0, 0.1) is 5.82 Å².